The van der Waals surface area contributed by atoms with Gasteiger partial charge in [-0.15, -0.1) is 0 Å². The molecule has 3 N–H and O–H groups in total. The molecule has 1 aliphatic rings. The second-order valence-corrected chi connectivity index (χ2v) is 8.58. The molecular formula is C25H27N7O2. The molecule has 3 aromatic rings. The van der Waals surface area contributed by atoms with Crippen LogP contribution in [-0.2, 0) is 11.8 Å². The third-order valence-corrected chi connectivity index (χ3v) is 5.92. The van der Waals surface area contributed by atoms with Crippen molar-refractivity contribution in [2.75, 3.05) is 10.6 Å². The van der Waals surface area contributed by atoms with Crippen molar-refractivity contribution >= 4 is 28.9 Å². The molecule has 1 aromatic carbocycles. The Balaban J connectivity index is 1.47. The molecule has 174 valence electrons. The number of aromatic nitrogens is 3. The highest BCUT2D eigenvalue weighted by Crippen LogP contribution is 2.29. The van der Waals surface area contributed by atoms with E-state index in [2.05, 4.69) is 32.1 Å². The minimum atomic E-state index is -0.649. The predicted molar refractivity (Wildman–Crippen MR) is 128 cm³/mol. The van der Waals surface area contributed by atoms with Gasteiger partial charge in [-0.05, 0) is 36.6 Å². The summed E-state index contributed by atoms with van der Waals surface area (Å²) in [4.78, 5) is 30.2. The van der Waals surface area contributed by atoms with Gasteiger partial charge in [0.2, 0.25) is 5.91 Å². The van der Waals surface area contributed by atoms with E-state index in [9.17, 15) is 9.59 Å². The minimum absolute atomic E-state index is 0.248. The van der Waals surface area contributed by atoms with Gasteiger partial charge in [0.05, 0.1) is 29.3 Å². The molecule has 0 bridgehead atoms. The van der Waals surface area contributed by atoms with E-state index in [0.717, 1.165) is 25.7 Å². The van der Waals surface area contributed by atoms with E-state index in [0.29, 0.717) is 40.5 Å². The van der Waals surface area contributed by atoms with E-state index in [-0.39, 0.29) is 11.8 Å². The summed E-state index contributed by atoms with van der Waals surface area (Å²) < 4.78 is 1.61. The lowest BCUT2D eigenvalue weighted by Gasteiger charge is -2.21. The van der Waals surface area contributed by atoms with Crippen LogP contribution in [0.1, 0.15) is 48.0 Å². The first kappa shape index (κ1) is 23.0. The van der Waals surface area contributed by atoms with Crippen molar-refractivity contribution in [2.24, 2.45) is 13.0 Å². The first-order chi connectivity index (χ1) is 16.5. The Morgan fingerprint density at radius 3 is 2.71 bits per heavy atom. The molecule has 0 spiro atoms. The van der Waals surface area contributed by atoms with Crippen molar-refractivity contribution < 1.29 is 9.59 Å². The van der Waals surface area contributed by atoms with Crippen molar-refractivity contribution in [3.8, 4) is 6.07 Å². The van der Waals surface area contributed by atoms with Gasteiger partial charge >= 0.3 is 0 Å². The third kappa shape index (κ3) is 5.98. The molecule has 0 saturated heterocycles. The van der Waals surface area contributed by atoms with Crippen molar-refractivity contribution in [1.82, 2.24) is 20.1 Å². The zero-order valence-electron chi connectivity index (χ0n) is 19.0. The largest absolute Gasteiger partial charge is 0.354 e. The number of hydrogen-bond donors (Lipinski definition) is 3. The molecule has 9 nitrogen and oxygen atoms in total. The highest BCUT2D eigenvalue weighted by molar-refractivity contribution is 6.01. The number of anilines is 3. The first-order valence-corrected chi connectivity index (χ1v) is 11.3. The van der Waals surface area contributed by atoms with Crippen molar-refractivity contribution in [3.63, 3.8) is 0 Å². The molecule has 2 aromatic heterocycles. The zero-order chi connectivity index (χ0) is 23.9. The molecule has 0 aliphatic heterocycles. The van der Waals surface area contributed by atoms with Gasteiger partial charge in [0.1, 0.15) is 12.1 Å². The summed E-state index contributed by atoms with van der Waals surface area (Å²) in [6, 6.07) is 10.1. The molecule has 1 atom stereocenters. The number of nitrogens with one attached hydrogen (secondary N) is 3. The summed E-state index contributed by atoms with van der Waals surface area (Å²) in [6.45, 7) is 0. The van der Waals surface area contributed by atoms with Crippen LogP contribution in [0.2, 0.25) is 0 Å². The lowest BCUT2D eigenvalue weighted by atomic mass is 9.97. The number of hydrogen-bond acceptors (Lipinski definition) is 6. The summed E-state index contributed by atoms with van der Waals surface area (Å²) in [6.07, 6.45) is 11.4. The van der Waals surface area contributed by atoms with Gasteiger partial charge in [-0.2, -0.15) is 10.4 Å². The van der Waals surface area contributed by atoms with Gasteiger partial charge in [0.25, 0.3) is 5.91 Å². The number of rotatable bonds is 8. The number of pyridine rings is 1. The standard InChI is InChI=1S/C25H27N7O2/c1-32-16-22(15-28-32)30-25(34)23(10-17-5-2-3-6-17)31-24(33)19-7-4-8-20(11-19)29-21-9-18(12-26)13-27-14-21/h4,7-9,11,13-17,23,29H,2-3,5-6,10H2,1H3,(H,30,34)(H,31,33)/t23-/m0/s1. The van der Waals surface area contributed by atoms with E-state index in [1.807, 2.05) is 6.07 Å². The second kappa shape index (κ2) is 10.6. The van der Waals surface area contributed by atoms with Gasteiger partial charge < -0.3 is 16.0 Å². The van der Waals surface area contributed by atoms with Crippen LogP contribution in [0, 0.1) is 17.2 Å². The van der Waals surface area contributed by atoms with Crippen LogP contribution in [0.3, 0.4) is 0 Å². The molecule has 1 aliphatic carbocycles. The molecular weight excluding hydrogens is 430 g/mol. The topological polar surface area (TPSA) is 125 Å². The number of carbonyl (C=O) groups is 2. The van der Waals surface area contributed by atoms with Crippen LogP contribution in [-0.4, -0.2) is 32.6 Å². The average molecular weight is 458 g/mol. The summed E-state index contributed by atoms with van der Waals surface area (Å²) in [7, 11) is 1.78. The molecule has 2 heterocycles. The summed E-state index contributed by atoms with van der Waals surface area (Å²) >= 11 is 0. The van der Waals surface area contributed by atoms with E-state index in [1.54, 1.807) is 54.6 Å². The van der Waals surface area contributed by atoms with Crippen LogP contribution in [0.15, 0.2) is 55.1 Å². The maximum absolute atomic E-state index is 13.1. The van der Waals surface area contributed by atoms with E-state index in [4.69, 9.17) is 5.26 Å². The Hall–Kier alpha value is -4.19. The normalized spacial score (nSPS) is 14.2. The zero-order valence-corrected chi connectivity index (χ0v) is 19.0. The molecule has 9 heteroatoms. The average Bonchev–Trinajstić information content (AvgIpc) is 3.50. The Labute approximate surface area is 198 Å². The fourth-order valence-corrected chi connectivity index (χ4v) is 4.24. The van der Waals surface area contributed by atoms with Crippen LogP contribution in [0.4, 0.5) is 17.1 Å². The van der Waals surface area contributed by atoms with E-state index >= 15 is 0 Å². The number of aryl methyl sites for hydroxylation is 1. The minimum Gasteiger partial charge on any atom is -0.354 e. The number of amides is 2. The predicted octanol–water partition coefficient (Wildman–Crippen LogP) is 3.75. The van der Waals surface area contributed by atoms with E-state index < -0.39 is 6.04 Å². The third-order valence-electron chi connectivity index (χ3n) is 5.92. The SMILES string of the molecule is Cn1cc(NC(=O)[C@H](CC2CCCC2)NC(=O)c2cccc(Nc3cncc(C#N)c3)c2)cn1. The highest BCUT2D eigenvalue weighted by Gasteiger charge is 2.27. The molecule has 1 saturated carbocycles. The lowest BCUT2D eigenvalue weighted by Crippen LogP contribution is -2.44. The fourth-order valence-electron chi connectivity index (χ4n) is 4.24. The fraction of sp³-hybridized carbons (Fsp3) is 0.320. The van der Waals surface area contributed by atoms with Gasteiger partial charge in [0.15, 0.2) is 0 Å². The number of carbonyl (C=O) groups excluding carboxylic acids is 2. The summed E-state index contributed by atoms with van der Waals surface area (Å²) in [5.74, 6) is -0.156. The number of nitriles is 1. The Morgan fingerprint density at radius 2 is 1.97 bits per heavy atom. The maximum atomic E-state index is 13.1. The van der Waals surface area contributed by atoms with Gasteiger partial charge in [0, 0.05) is 30.7 Å². The second-order valence-electron chi connectivity index (χ2n) is 8.58. The molecule has 0 radical (unpaired) electrons. The van der Waals surface area contributed by atoms with Crippen LogP contribution >= 0.6 is 0 Å². The summed E-state index contributed by atoms with van der Waals surface area (Å²) in [5, 5.41) is 22.1. The van der Waals surface area contributed by atoms with Crippen LogP contribution in [0.25, 0.3) is 0 Å². The molecule has 4 rings (SSSR count). The highest BCUT2D eigenvalue weighted by atomic mass is 16.2. The van der Waals surface area contributed by atoms with Gasteiger partial charge in [-0.3, -0.25) is 19.3 Å². The van der Waals surface area contributed by atoms with Crippen LogP contribution < -0.4 is 16.0 Å². The molecule has 2 amide bonds. The molecule has 1 fully saturated rings. The number of benzene rings is 1. The lowest BCUT2D eigenvalue weighted by molar-refractivity contribution is -0.118. The molecule has 0 unspecified atom stereocenters. The van der Waals surface area contributed by atoms with Crippen molar-refractivity contribution in [1.29, 1.82) is 5.26 Å². The first-order valence-electron chi connectivity index (χ1n) is 11.3. The quantitative estimate of drug-likeness (QED) is 0.473. The van der Waals surface area contributed by atoms with Crippen LogP contribution in [0.5, 0.6) is 0 Å². The Bertz CT molecular complexity index is 1210. The van der Waals surface area contributed by atoms with Crippen molar-refractivity contribution in [2.45, 2.75) is 38.1 Å². The van der Waals surface area contributed by atoms with Crippen molar-refractivity contribution in [3.05, 3.63) is 66.2 Å². The van der Waals surface area contributed by atoms with Gasteiger partial charge in [-0.1, -0.05) is 31.7 Å². The number of nitrogens with zero attached hydrogens (tertiary/aromatic N) is 4. The maximum Gasteiger partial charge on any atom is 0.252 e. The monoisotopic (exact) mass is 457 g/mol. The Morgan fingerprint density at radius 1 is 1.15 bits per heavy atom. The van der Waals surface area contributed by atoms with Gasteiger partial charge in [-0.25, -0.2) is 0 Å². The molecule has 34 heavy (non-hydrogen) atoms. The van der Waals surface area contributed by atoms with E-state index in [1.165, 1.54) is 6.20 Å². The smallest absolute Gasteiger partial charge is 0.252 e. The Kier molecular flexibility index (Phi) is 7.18. The summed E-state index contributed by atoms with van der Waals surface area (Å²) in [5.41, 5.74) is 2.79.